The number of hydrogen-bond donors (Lipinski definition) is 0. The Morgan fingerprint density at radius 1 is 1.27 bits per heavy atom. The average Bonchev–Trinajstić information content (AvgIpc) is 3.44. The fourth-order valence-electron chi connectivity index (χ4n) is 3.28. The Kier molecular flexibility index (Phi) is 4.61. The third-order valence-corrected chi connectivity index (χ3v) is 5.31. The lowest BCUT2D eigenvalue weighted by Crippen LogP contribution is -2.50. The van der Waals surface area contributed by atoms with Crippen molar-refractivity contribution in [1.29, 1.82) is 0 Å². The molecule has 1 aliphatic carbocycles. The molecular formula is C19H25N5O2. The van der Waals surface area contributed by atoms with E-state index >= 15 is 0 Å². The Morgan fingerprint density at radius 2 is 2.04 bits per heavy atom. The molecule has 4 rings (SSSR count). The summed E-state index contributed by atoms with van der Waals surface area (Å²) in [4.78, 5) is 21.1. The first-order valence-electron chi connectivity index (χ1n) is 9.50. The van der Waals surface area contributed by atoms with Crippen molar-refractivity contribution < 1.29 is 9.21 Å². The molecule has 1 atom stereocenters. The molecule has 2 aromatic rings. The van der Waals surface area contributed by atoms with Gasteiger partial charge in [-0.05, 0) is 31.4 Å². The topological polar surface area (TPSA) is 75.4 Å². The van der Waals surface area contributed by atoms with E-state index in [0.717, 1.165) is 62.7 Å². The molecule has 0 bridgehead atoms. The third kappa shape index (κ3) is 3.30. The zero-order valence-electron chi connectivity index (χ0n) is 15.4. The summed E-state index contributed by atoms with van der Waals surface area (Å²) in [6.45, 7) is 7.01. The molecule has 7 heteroatoms. The van der Waals surface area contributed by atoms with Crippen molar-refractivity contribution in [2.24, 2.45) is 5.92 Å². The first-order chi connectivity index (χ1) is 12.7. The van der Waals surface area contributed by atoms with Crippen LogP contribution in [0.4, 0.5) is 5.82 Å². The van der Waals surface area contributed by atoms with Gasteiger partial charge in [0.2, 0.25) is 11.8 Å². The molecule has 3 heterocycles. The zero-order chi connectivity index (χ0) is 18.1. The molecule has 0 N–H and O–H groups in total. The van der Waals surface area contributed by atoms with Crippen LogP contribution in [-0.2, 0) is 4.79 Å². The summed E-state index contributed by atoms with van der Waals surface area (Å²) in [7, 11) is 0. The van der Waals surface area contributed by atoms with Gasteiger partial charge in [0.25, 0.3) is 5.89 Å². The molecule has 1 amide bonds. The Labute approximate surface area is 153 Å². The van der Waals surface area contributed by atoms with Gasteiger partial charge in [-0.1, -0.05) is 13.8 Å². The van der Waals surface area contributed by atoms with E-state index in [4.69, 9.17) is 4.42 Å². The normalized spacial score (nSPS) is 18.8. The minimum atomic E-state index is 0.0891. The highest BCUT2D eigenvalue weighted by molar-refractivity contribution is 5.79. The van der Waals surface area contributed by atoms with Gasteiger partial charge in [0.1, 0.15) is 5.82 Å². The van der Waals surface area contributed by atoms with Crippen LogP contribution in [-0.4, -0.2) is 52.2 Å². The summed E-state index contributed by atoms with van der Waals surface area (Å²) >= 11 is 0. The highest BCUT2D eigenvalue weighted by Gasteiger charge is 2.31. The molecule has 2 aliphatic rings. The molecule has 26 heavy (non-hydrogen) atoms. The average molecular weight is 355 g/mol. The zero-order valence-corrected chi connectivity index (χ0v) is 15.4. The number of rotatable bonds is 5. The molecule has 2 fully saturated rings. The molecule has 1 saturated heterocycles. The molecule has 7 nitrogen and oxygen atoms in total. The first kappa shape index (κ1) is 17.0. The van der Waals surface area contributed by atoms with Crippen LogP contribution in [0.5, 0.6) is 0 Å². The molecular weight excluding hydrogens is 330 g/mol. The number of aromatic nitrogens is 3. The summed E-state index contributed by atoms with van der Waals surface area (Å²) in [6.07, 6.45) is 4.93. The predicted octanol–water partition coefficient (Wildman–Crippen LogP) is 2.70. The Bertz CT molecular complexity index is 778. The van der Waals surface area contributed by atoms with E-state index in [0.29, 0.717) is 11.8 Å². The summed E-state index contributed by atoms with van der Waals surface area (Å²) < 4.78 is 5.88. The highest BCUT2D eigenvalue weighted by Crippen LogP contribution is 2.40. The minimum Gasteiger partial charge on any atom is -0.420 e. The summed E-state index contributed by atoms with van der Waals surface area (Å²) in [5.74, 6) is 2.90. The number of anilines is 1. The molecule has 2 aromatic heterocycles. The van der Waals surface area contributed by atoms with E-state index in [1.165, 1.54) is 0 Å². The largest absolute Gasteiger partial charge is 0.420 e. The Balaban J connectivity index is 1.49. The second kappa shape index (κ2) is 7.05. The van der Waals surface area contributed by atoms with Crippen molar-refractivity contribution in [3.63, 3.8) is 0 Å². The minimum absolute atomic E-state index is 0.0891. The number of hydrogen-bond acceptors (Lipinski definition) is 6. The van der Waals surface area contributed by atoms with Crippen LogP contribution in [0.3, 0.4) is 0 Å². The van der Waals surface area contributed by atoms with Crippen LogP contribution in [0.1, 0.15) is 44.9 Å². The standard InChI is InChI=1S/C19H25N5O2/c1-3-13(2)19(25)24-11-9-23(10-12-24)16-15(5-4-8-20-16)18-22-21-17(26-18)14-6-7-14/h4-5,8,13-14H,3,6-7,9-12H2,1-2H3/t13-/m0/s1. The van der Waals surface area contributed by atoms with E-state index in [1.54, 1.807) is 6.20 Å². The fourth-order valence-corrected chi connectivity index (χ4v) is 3.28. The van der Waals surface area contributed by atoms with Crippen LogP contribution in [0.15, 0.2) is 22.7 Å². The van der Waals surface area contributed by atoms with Gasteiger partial charge >= 0.3 is 0 Å². The lowest BCUT2D eigenvalue weighted by Gasteiger charge is -2.37. The molecule has 1 saturated carbocycles. The van der Waals surface area contributed by atoms with Crippen molar-refractivity contribution >= 4 is 11.7 Å². The number of carbonyl (C=O) groups excluding carboxylic acids is 1. The number of piperazine rings is 1. The summed E-state index contributed by atoms with van der Waals surface area (Å²) in [5.41, 5.74) is 0.869. The van der Waals surface area contributed by atoms with Gasteiger partial charge in [-0.25, -0.2) is 4.98 Å². The maximum atomic E-state index is 12.4. The molecule has 0 radical (unpaired) electrons. The number of pyridine rings is 1. The van der Waals surface area contributed by atoms with Gasteiger partial charge in [0, 0.05) is 44.2 Å². The second-order valence-electron chi connectivity index (χ2n) is 7.22. The van der Waals surface area contributed by atoms with Crippen molar-refractivity contribution in [1.82, 2.24) is 20.1 Å². The van der Waals surface area contributed by atoms with Crippen molar-refractivity contribution in [2.45, 2.75) is 39.0 Å². The van der Waals surface area contributed by atoms with Crippen LogP contribution < -0.4 is 4.90 Å². The van der Waals surface area contributed by atoms with Gasteiger partial charge in [-0.15, -0.1) is 10.2 Å². The van der Waals surface area contributed by atoms with Crippen molar-refractivity contribution in [3.05, 3.63) is 24.2 Å². The third-order valence-electron chi connectivity index (χ3n) is 5.31. The van der Waals surface area contributed by atoms with Crippen molar-refractivity contribution in [2.75, 3.05) is 31.1 Å². The molecule has 1 aliphatic heterocycles. The highest BCUT2D eigenvalue weighted by atomic mass is 16.4. The molecule has 0 aromatic carbocycles. The van der Waals surface area contributed by atoms with Gasteiger partial charge < -0.3 is 14.2 Å². The van der Waals surface area contributed by atoms with Crippen LogP contribution in [0, 0.1) is 5.92 Å². The monoisotopic (exact) mass is 355 g/mol. The van der Waals surface area contributed by atoms with Crippen molar-refractivity contribution in [3.8, 4) is 11.5 Å². The Hall–Kier alpha value is -2.44. The van der Waals surface area contributed by atoms with Gasteiger partial charge in [-0.3, -0.25) is 4.79 Å². The first-order valence-corrected chi connectivity index (χ1v) is 9.50. The fraction of sp³-hybridized carbons (Fsp3) is 0.579. The summed E-state index contributed by atoms with van der Waals surface area (Å²) in [5, 5.41) is 8.42. The lowest BCUT2D eigenvalue weighted by atomic mass is 10.1. The van der Waals surface area contributed by atoms with E-state index in [-0.39, 0.29) is 11.8 Å². The van der Waals surface area contributed by atoms with E-state index in [1.807, 2.05) is 24.0 Å². The van der Waals surface area contributed by atoms with E-state index < -0.39 is 0 Å². The lowest BCUT2D eigenvalue weighted by molar-refractivity contribution is -0.135. The predicted molar refractivity (Wildman–Crippen MR) is 97.8 cm³/mol. The molecule has 0 unspecified atom stereocenters. The molecule has 138 valence electrons. The second-order valence-corrected chi connectivity index (χ2v) is 7.22. The van der Waals surface area contributed by atoms with Gasteiger partial charge in [-0.2, -0.15) is 0 Å². The number of nitrogens with zero attached hydrogens (tertiary/aromatic N) is 5. The van der Waals surface area contributed by atoms with Gasteiger partial charge in [0.15, 0.2) is 0 Å². The molecule has 0 spiro atoms. The quantitative estimate of drug-likeness (QED) is 0.821. The Morgan fingerprint density at radius 3 is 2.73 bits per heavy atom. The number of amides is 1. The van der Waals surface area contributed by atoms with Crippen LogP contribution >= 0.6 is 0 Å². The smallest absolute Gasteiger partial charge is 0.251 e. The SMILES string of the molecule is CC[C@H](C)C(=O)N1CCN(c2ncccc2-c2nnc(C3CC3)o2)CC1. The number of carbonyl (C=O) groups is 1. The van der Waals surface area contributed by atoms with Gasteiger partial charge in [0.05, 0.1) is 5.56 Å². The van der Waals surface area contributed by atoms with Crippen LogP contribution in [0.25, 0.3) is 11.5 Å². The summed E-state index contributed by atoms with van der Waals surface area (Å²) in [6, 6.07) is 3.87. The van der Waals surface area contributed by atoms with E-state index in [2.05, 4.69) is 27.0 Å². The maximum absolute atomic E-state index is 12.4. The maximum Gasteiger partial charge on any atom is 0.251 e. The van der Waals surface area contributed by atoms with Crippen LogP contribution in [0.2, 0.25) is 0 Å². The van der Waals surface area contributed by atoms with E-state index in [9.17, 15) is 4.79 Å².